The number of carbonyl (C=O) groups excluding carboxylic acids is 2. The lowest BCUT2D eigenvalue weighted by molar-refractivity contribution is -0.126. The van der Waals surface area contributed by atoms with Crippen LogP contribution in [0.1, 0.15) is 50.8 Å². The van der Waals surface area contributed by atoms with Crippen LogP contribution >= 0.6 is 0 Å². The van der Waals surface area contributed by atoms with Gasteiger partial charge in [0.25, 0.3) is 0 Å². The summed E-state index contributed by atoms with van der Waals surface area (Å²) in [6.07, 6.45) is 6.43. The number of likely N-dealkylation sites (tertiary alicyclic amines) is 2. The van der Waals surface area contributed by atoms with Crippen molar-refractivity contribution >= 4 is 12.0 Å². The molecule has 2 saturated heterocycles. The van der Waals surface area contributed by atoms with Gasteiger partial charge in [-0.1, -0.05) is 6.42 Å². The molecule has 1 aromatic heterocycles. The van der Waals surface area contributed by atoms with E-state index in [2.05, 4.69) is 10.2 Å². The number of carbonyl (C=O) groups is 2. The average molecular weight is 377 g/mol. The first-order valence-corrected chi connectivity index (χ1v) is 10.2. The van der Waals surface area contributed by atoms with E-state index in [1.54, 1.807) is 18.1 Å². The van der Waals surface area contributed by atoms with Gasteiger partial charge in [0.15, 0.2) is 0 Å². The third-order valence-electron chi connectivity index (χ3n) is 5.56. The molecule has 2 amide bonds. The predicted molar refractivity (Wildman–Crippen MR) is 101 cm³/mol. The van der Waals surface area contributed by atoms with Gasteiger partial charge in [-0.05, 0) is 57.8 Å². The summed E-state index contributed by atoms with van der Waals surface area (Å²) in [6, 6.07) is 3.98. The normalized spacial score (nSPS) is 20.3. The zero-order valence-electron chi connectivity index (χ0n) is 16.2. The molecule has 1 unspecified atom stereocenters. The number of rotatable bonds is 6. The third kappa shape index (κ3) is 5.25. The largest absolute Gasteiger partial charge is 0.468 e. The van der Waals surface area contributed by atoms with Crippen molar-refractivity contribution in [3.05, 3.63) is 24.2 Å². The molecule has 3 heterocycles. The van der Waals surface area contributed by atoms with Crippen molar-refractivity contribution in [2.75, 3.05) is 39.3 Å². The SMILES string of the molecule is CCOC(=O)N1CCC(C(=O)NCC(c2ccco2)N2CCCCC2)CC1. The number of hydrogen-bond donors (Lipinski definition) is 1. The molecule has 27 heavy (non-hydrogen) atoms. The molecule has 1 N–H and O–H groups in total. The van der Waals surface area contributed by atoms with Crippen LogP contribution in [0.2, 0.25) is 0 Å². The fraction of sp³-hybridized carbons (Fsp3) is 0.700. The molecule has 150 valence electrons. The molecule has 7 heteroatoms. The Kier molecular flexibility index (Phi) is 7.15. The highest BCUT2D eigenvalue weighted by Crippen LogP contribution is 2.25. The Labute approximate surface area is 161 Å². The molecule has 0 spiro atoms. The molecule has 0 radical (unpaired) electrons. The quantitative estimate of drug-likeness (QED) is 0.825. The maximum atomic E-state index is 12.7. The Morgan fingerprint density at radius 2 is 1.96 bits per heavy atom. The minimum absolute atomic E-state index is 0.0470. The first-order valence-electron chi connectivity index (χ1n) is 10.2. The van der Waals surface area contributed by atoms with Crippen LogP contribution in [0.15, 0.2) is 22.8 Å². The van der Waals surface area contributed by atoms with Crippen molar-refractivity contribution in [3.63, 3.8) is 0 Å². The zero-order chi connectivity index (χ0) is 19.1. The van der Waals surface area contributed by atoms with E-state index >= 15 is 0 Å². The summed E-state index contributed by atoms with van der Waals surface area (Å²) >= 11 is 0. The van der Waals surface area contributed by atoms with E-state index in [-0.39, 0.29) is 24.0 Å². The molecule has 3 rings (SSSR count). The molecule has 0 bridgehead atoms. The van der Waals surface area contributed by atoms with Crippen LogP contribution in [0.3, 0.4) is 0 Å². The summed E-state index contributed by atoms with van der Waals surface area (Å²) in [4.78, 5) is 28.5. The van der Waals surface area contributed by atoms with Gasteiger partial charge in [-0.25, -0.2) is 4.79 Å². The summed E-state index contributed by atoms with van der Waals surface area (Å²) in [5.41, 5.74) is 0. The number of amides is 2. The van der Waals surface area contributed by atoms with E-state index in [9.17, 15) is 9.59 Å². The highest BCUT2D eigenvalue weighted by atomic mass is 16.6. The van der Waals surface area contributed by atoms with Gasteiger partial charge in [-0.3, -0.25) is 9.69 Å². The van der Waals surface area contributed by atoms with Gasteiger partial charge in [0, 0.05) is 25.6 Å². The van der Waals surface area contributed by atoms with Crippen molar-refractivity contribution < 1.29 is 18.7 Å². The van der Waals surface area contributed by atoms with E-state index < -0.39 is 0 Å². The second kappa shape index (κ2) is 9.78. The summed E-state index contributed by atoms with van der Waals surface area (Å²) in [7, 11) is 0. The standard InChI is InChI=1S/C20H31N3O4/c1-2-26-20(25)23-12-8-16(9-13-23)19(24)21-15-17(18-7-6-14-27-18)22-10-4-3-5-11-22/h6-7,14,16-17H,2-5,8-13,15H2,1H3,(H,21,24). The molecule has 1 atom stereocenters. The van der Waals surface area contributed by atoms with Gasteiger partial charge in [-0.2, -0.15) is 0 Å². The summed E-state index contributed by atoms with van der Waals surface area (Å²) in [6.45, 7) is 5.97. The van der Waals surface area contributed by atoms with Crippen LogP contribution < -0.4 is 5.32 Å². The van der Waals surface area contributed by atoms with Crippen LogP contribution in [0.4, 0.5) is 4.79 Å². The lowest BCUT2D eigenvalue weighted by Crippen LogP contribution is -2.45. The van der Waals surface area contributed by atoms with Gasteiger partial charge in [0.05, 0.1) is 18.9 Å². The first kappa shape index (κ1) is 19.7. The van der Waals surface area contributed by atoms with Gasteiger partial charge in [-0.15, -0.1) is 0 Å². The third-order valence-corrected chi connectivity index (χ3v) is 5.56. The fourth-order valence-electron chi connectivity index (χ4n) is 4.00. The fourth-order valence-corrected chi connectivity index (χ4v) is 4.00. The number of nitrogens with zero attached hydrogens (tertiary/aromatic N) is 2. The highest BCUT2D eigenvalue weighted by Gasteiger charge is 2.30. The van der Waals surface area contributed by atoms with Gasteiger partial charge in [0.1, 0.15) is 5.76 Å². The Balaban J connectivity index is 1.50. The minimum Gasteiger partial charge on any atom is -0.468 e. The summed E-state index contributed by atoms with van der Waals surface area (Å²) in [5.74, 6) is 0.940. The van der Waals surface area contributed by atoms with E-state index in [1.807, 2.05) is 12.1 Å². The average Bonchev–Trinajstić information content (AvgIpc) is 3.23. The second-order valence-electron chi connectivity index (χ2n) is 7.33. The Morgan fingerprint density at radius 1 is 1.22 bits per heavy atom. The maximum Gasteiger partial charge on any atom is 0.409 e. The van der Waals surface area contributed by atoms with Gasteiger partial charge in [0.2, 0.25) is 5.91 Å². The number of furan rings is 1. The predicted octanol–water partition coefficient (Wildman–Crippen LogP) is 2.79. The number of nitrogens with one attached hydrogen (secondary N) is 1. The molecule has 0 saturated carbocycles. The summed E-state index contributed by atoms with van der Waals surface area (Å²) < 4.78 is 10.7. The molecular weight excluding hydrogens is 346 g/mol. The lowest BCUT2D eigenvalue weighted by atomic mass is 9.96. The minimum atomic E-state index is -0.278. The van der Waals surface area contributed by atoms with Crippen LogP contribution in [0.5, 0.6) is 0 Å². The lowest BCUT2D eigenvalue weighted by Gasteiger charge is -2.34. The van der Waals surface area contributed by atoms with Crippen molar-refractivity contribution in [1.82, 2.24) is 15.1 Å². The molecule has 0 aliphatic carbocycles. The number of ether oxygens (including phenoxy) is 1. The summed E-state index contributed by atoms with van der Waals surface area (Å²) in [5, 5.41) is 3.13. The smallest absolute Gasteiger partial charge is 0.409 e. The Morgan fingerprint density at radius 3 is 2.59 bits per heavy atom. The first-order chi connectivity index (χ1) is 13.2. The topological polar surface area (TPSA) is 75.0 Å². The van der Waals surface area contributed by atoms with Crippen LogP contribution in [0, 0.1) is 5.92 Å². The maximum absolute atomic E-state index is 12.7. The van der Waals surface area contributed by atoms with Gasteiger partial charge < -0.3 is 19.4 Å². The molecule has 7 nitrogen and oxygen atoms in total. The van der Waals surface area contributed by atoms with Crippen LogP contribution in [-0.4, -0.2) is 61.1 Å². The Bertz CT molecular complexity index is 590. The molecule has 2 aliphatic heterocycles. The number of piperidine rings is 2. The van der Waals surface area contributed by atoms with Crippen LogP contribution in [0.25, 0.3) is 0 Å². The second-order valence-corrected chi connectivity index (χ2v) is 7.33. The monoisotopic (exact) mass is 377 g/mol. The van der Waals surface area contributed by atoms with Crippen molar-refractivity contribution in [1.29, 1.82) is 0 Å². The molecule has 2 fully saturated rings. The van der Waals surface area contributed by atoms with E-state index in [4.69, 9.17) is 9.15 Å². The molecule has 2 aliphatic rings. The Hall–Kier alpha value is -2.02. The van der Waals surface area contributed by atoms with Gasteiger partial charge >= 0.3 is 6.09 Å². The van der Waals surface area contributed by atoms with E-state index in [0.29, 0.717) is 39.1 Å². The van der Waals surface area contributed by atoms with Crippen molar-refractivity contribution in [2.45, 2.75) is 45.1 Å². The molecular formula is C20H31N3O4. The highest BCUT2D eigenvalue weighted by molar-refractivity contribution is 5.79. The number of hydrogen-bond acceptors (Lipinski definition) is 5. The zero-order valence-corrected chi connectivity index (χ0v) is 16.2. The van der Waals surface area contributed by atoms with E-state index in [1.165, 1.54) is 19.3 Å². The molecule has 0 aromatic carbocycles. The molecule has 1 aromatic rings. The van der Waals surface area contributed by atoms with Crippen LogP contribution in [-0.2, 0) is 9.53 Å². The van der Waals surface area contributed by atoms with Crippen molar-refractivity contribution in [3.8, 4) is 0 Å². The van der Waals surface area contributed by atoms with E-state index in [0.717, 1.165) is 18.8 Å². The van der Waals surface area contributed by atoms with Crippen molar-refractivity contribution in [2.24, 2.45) is 5.92 Å².